The van der Waals surface area contributed by atoms with E-state index in [1.807, 2.05) is 9.12 Å². The Morgan fingerprint density at radius 1 is 1.40 bits per heavy atom. The summed E-state index contributed by atoms with van der Waals surface area (Å²) in [5, 5.41) is 0. The maximum atomic E-state index is 4.42. The van der Waals surface area contributed by atoms with Gasteiger partial charge in [0.1, 0.15) is 0 Å². The molecule has 28 valence electrons. The Morgan fingerprint density at radius 3 is 1.40 bits per heavy atom. The first-order chi connectivity index (χ1) is 1.00. The van der Waals surface area contributed by atoms with Crippen LogP contribution in [0.4, 0.5) is 0 Å². The van der Waals surface area contributed by atoms with Gasteiger partial charge < -0.3 is 2.85 Å². The van der Waals surface area contributed by atoms with Crippen LogP contribution in [0.15, 0.2) is 0 Å². The van der Waals surface area contributed by atoms with Gasteiger partial charge in [-0.1, -0.05) is 0 Å². The van der Waals surface area contributed by atoms with E-state index in [-0.39, 0.29) is 75.0 Å². The number of hydrogen-bond donors (Lipinski definition) is 0. The van der Waals surface area contributed by atoms with Crippen molar-refractivity contribution in [3.63, 3.8) is 0 Å². The fourth-order valence-electron chi connectivity index (χ4n) is 0. The first-order valence-electron chi connectivity index (χ1n) is 0.333. The SMILES string of the molecule is [AlH3].[B]P.[Ca+2].[Fe].[H-].[H-]. The van der Waals surface area contributed by atoms with E-state index in [1.165, 1.54) is 0 Å². The molecule has 0 aromatic rings. The summed E-state index contributed by atoms with van der Waals surface area (Å²) in [5.74, 6) is 0. The van der Waals surface area contributed by atoms with Crippen molar-refractivity contribution in [1.82, 2.24) is 0 Å². The van der Waals surface area contributed by atoms with E-state index >= 15 is 0 Å². The van der Waals surface area contributed by atoms with E-state index in [4.69, 9.17) is 0 Å². The van der Waals surface area contributed by atoms with Crippen molar-refractivity contribution in [1.29, 1.82) is 0 Å². The van der Waals surface area contributed by atoms with Crippen LogP contribution in [-0.2, 0) is 17.1 Å². The molecule has 0 aromatic heterocycles. The van der Waals surface area contributed by atoms with Gasteiger partial charge in [-0.25, -0.2) is 0 Å². The van der Waals surface area contributed by atoms with Crippen LogP contribution in [0.2, 0.25) is 0 Å². The van der Waals surface area contributed by atoms with Crippen molar-refractivity contribution in [2.24, 2.45) is 0 Å². The fourth-order valence-corrected chi connectivity index (χ4v) is 0. The van der Waals surface area contributed by atoms with Crippen LogP contribution in [0.25, 0.3) is 0 Å². The van der Waals surface area contributed by atoms with Gasteiger partial charge in [-0.15, -0.1) is 0 Å². The van der Waals surface area contributed by atoms with Crippen molar-refractivity contribution >= 4 is 71.8 Å². The minimum atomic E-state index is 0. The summed E-state index contributed by atoms with van der Waals surface area (Å²) >= 11 is 0. The van der Waals surface area contributed by atoms with Gasteiger partial charge in [0.05, 0.1) is 7.57 Å². The molecular weight excluding hydrogens is 165 g/mol. The molecule has 5 heteroatoms. The van der Waals surface area contributed by atoms with Crippen LogP contribution in [0.1, 0.15) is 2.85 Å². The Labute approximate surface area is 90.4 Å². The minimum absolute atomic E-state index is 0. The summed E-state index contributed by atoms with van der Waals surface area (Å²) in [6.07, 6.45) is 0. The number of rotatable bonds is 0. The summed E-state index contributed by atoms with van der Waals surface area (Å²) in [6, 6.07) is 0. The molecule has 1 unspecified atom stereocenters. The van der Waals surface area contributed by atoms with Crippen LogP contribution < -0.4 is 0 Å². The molecule has 0 fully saturated rings. The van der Waals surface area contributed by atoms with E-state index < -0.39 is 0 Å². The molecule has 0 nitrogen and oxygen atoms in total. The number of hydrogen-bond acceptors (Lipinski definition) is 0. The topological polar surface area (TPSA) is 0 Å². The van der Waals surface area contributed by atoms with Crippen LogP contribution in [0, 0.1) is 0 Å². The predicted octanol–water partition coefficient (Wildman–Crippen LogP) is -1.40. The van der Waals surface area contributed by atoms with E-state index in [1.54, 1.807) is 0 Å². The second-order valence-electron chi connectivity index (χ2n) is 0. The Balaban J connectivity index is -0.000000000500. The summed E-state index contributed by atoms with van der Waals surface area (Å²) in [5.41, 5.74) is 0. The monoisotopic (exact) mass is 172 g/mol. The molecule has 0 N–H and O–H groups in total. The van der Waals surface area contributed by atoms with Crippen molar-refractivity contribution in [3.05, 3.63) is 0 Å². The molecule has 0 saturated carbocycles. The van der Waals surface area contributed by atoms with Crippen molar-refractivity contribution in [2.75, 3.05) is 0 Å². The molecule has 0 aliphatic heterocycles. The average Bonchev–Trinajstić information content (AvgIpc) is 1.00. The van der Waals surface area contributed by atoms with E-state index in [9.17, 15) is 0 Å². The standard InChI is InChI=1S/Al.BH2P.Ca.Fe.5H/c;1-2;;;;;;;/h;2H2;;;;;;;/q;;+2;;;;;2*-1. The molecule has 0 amide bonds. The molecule has 0 saturated heterocycles. The van der Waals surface area contributed by atoms with Crippen LogP contribution in [0.5, 0.6) is 0 Å². The molecule has 2 radical (unpaired) electrons. The van der Waals surface area contributed by atoms with Crippen molar-refractivity contribution in [2.45, 2.75) is 0 Å². The molecule has 0 spiro atoms. The van der Waals surface area contributed by atoms with E-state index in [2.05, 4.69) is 7.57 Å². The van der Waals surface area contributed by atoms with Gasteiger partial charge in [0, 0.05) is 17.1 Å². The molecule has 0 rings (SSSR count). The summed E-state index contributed by atoms with van der Waals surface area (Å²) < 4.78 is 0. The normalized spacial score (nSPS) is 1.00. The predicted molar refractivity (Wildman–Crippen MR) is 33.4 cm³/mol. The van der Waals surface area contributed by atoms with E-state index in [0.717, 1.165) is 0 Å². The zero-order valence-electron chi connectivity index (χ0n) is 4.22. The Morgan fingerprint density at radius 2 is 1.40 bits per heavy atom. The first-order valence-corrected chi connectivity index (χ1v) is 1.00. The summed E-state index contributed by atoms with van der Waals surface area (Å²) in [7, 11) is 6.33. The van der Waals surface area contributed by atoms with Crippen LogP contribution in [0.3, 0.4) is 0 Å². The molecule has 5 heavy (non-hydrogen) atoms. The second kappa shape index (κ2) is 29.1. The Bertz CT molecular complexity index is 17.7. The van der Waals surface area contributed by atoms with Crippen molar-refractivity contribution < 1.29 is 19.9 Å². The van der Waals surface area contributed by atoms with Crippen LogP contribution in [-0.4, -0.2) is 62.7 Å². The van der Waals surface area contributed by atoms with E-state index in [0.29, 0.717) is 0 Å². The summed E-state index contributed by atoms with van der Waals surface area (Å²) in [6.45, 7) is 0. The van der Waals surface area contributed by atoms with Crippen molar-refractivity contribution in [3.8, 4) is 0 Å². The van der Waals surface area contributed by atoms with Gasteiger partial charge in [-0.2, -0.15) is 9.12 Å². The summed E-state index contributed by atoms with van der Waals surface area (Å²) in [4.78, 5) is 0. The van der Waals surface area contributed by atoms with Crippen LogP contribution >= 0.6 is 9.12 Å². The molecule has 0 aromatic carbocycles. The van der Waals surface area contributed by atoms with Gasteiger partial charge in [0.2, 0.25) is 0 Å². The zero-order valence-corrected chi connectivity index (χ0v) is 6.68. The van der Waals surface area contributed by atoms with Gasteiger partial charge in [0.15, 0.2) is 17.4 Å². The zero-order chi connectivity index (χ0) is 2.00. The second-order valence-corrected chi connectivity index (χ2v) is 0. The van der Waals surface area contributed by atoms with Gasteiger partial charge in [-0.3, -0.25) is 0 Å². The maximum Gasteiger partial charge on any atom is 2.00 e. The average molecular weight is 172 g/mol. The Kier molecular flexibility index (Phi) is 145. The maximum absolute atomic E-state index is 4.42. The smallest absolute Gasteiger partial charge is 1.00 e. The molecule has 0 heterocycles. The third kappa shape index (κ3) is 20.0. The molecular formula is H7AlBCaFeP. The third-order valence-electron chi connectivity index (χ3n) is 0. The third-order valence-corrected chi connectivity index (χ3v) is 0. The quantitative estimate of drug-likeness (QED) is 0.311. The fraction of sp³-hybridized carbons (Fsp3) is 0. The molecule has 0 aliphatic rings. The Hall–Kier alpha value is 2.81. The molecule has 0 aliphatic carbocycles. The van der Waals surface area contributed by atoms with Gasteiger partial charge >= 0.3 is 37.7 Å². The van der Waals surface area contributed by atoms with Gasteiger partial charge in [-0.05, 0) is 0 Å². The molecule has 1 atom stereocenters. The first kappa shape index (κ1) is 25.0. The largest absolute Gasteiger partial charge is 2.00 e. The minimum Gasteiger partial charge on any atom is -1.00 e. The molecule has 0 bridgehead atoms. The van der Waals surface area contributed by atoms with Gasteiger partial charge in [0.25, 0.3) is 0 Å².